The fourth-order valence-electron chi connectivity index (χ4n) is 2.53. The second-order valence-corrected chi connectivity index (χ2v) is 5.97. The maximum Gasteiger partial charge on any atom is 0.220 e. The van der Waals surface area contributed by atoms with Gasteiger partial charge >= 0.3 is 0 Å². The number of hydrogen-bond donors (Lipinski definition) is 2. The van der Waals surface area contributed by atoms with Crippen LogP contribution in [0.25, 0.3) is 11.1 Å². The van der Waals surface area contributed by atoms with E-state index in [1.54, 1.807) is 0 Å². The summed E-state index contributed by atoms with van der Waals surface area (Å²) in [5.74, 6) is -0.0774. The number of carbonyl (C=O) groups is 2. The second kappa shape index (κ2) is 10.4. The van der Waals surface area contributed by atoms with Crippen LogP contribution in [-0.4, -0.2) is 31.3 Å². The maximum absolute atomic E-state index is 12.2. The first-order valence-corrected chi connectivity index (χ1v) is 8.87. The Labute approximate surface area is 149 Å². The Bertz CT molecular complexity index is 666. The molecule has 0 saturated carbocycles. The highest BCUT2D eigenvalue weighted by atomic mass is 16.2. The molecule has 0 aliphatic carbocycles. The Kier molecular flexibility index (Phi) is 7.86. The molecule has 0 heterocycles. The molecular weight excluding hydrogens is 312 g/mol. The summed E-state index contributed by atoms with van der Waals surface area (Å²) in [7, 11) is 0. The summed E-state index contributed by atoms with van der Waals surface area (Å²) in [5, 5.41) is 6.04. The molecule has 2 N–H and O–H groups in total. The van der Waals surface area contributed by atoms with Crippen LogP contribution in [0.2, 0.25) is 0 Å². The Balaban J connectivity index is 1.76. The number of amides is 1. The lowest BCUT2D eigenvalue weighted by Gasteiger charge is -2.06. The number of Topliss-reactive ketones (excluding diaryl/α,β-unsaturated/α-hetero) is 1. The number of hydrogen-bond acceptors (Lipinski definition) is 3. The molecule has 0 saturated heterocycles. The molecule has 4 nitrogen and oxygen atoms in total. The lowest BCUT2D eigenvalue weighted by Crippen LogP contribution is -2.32. The minimum absolute atomic E-state index is 0.00105. The van der Waals surface area contributed by atoms with Gasteiger partial charge in [-0.1, -0.05) is 61.5 Å². The summed E-state index contributed by atoms with van der Waals surface area (Å²) >= 11 is 0. The normalized spacial score (nSPS) is 10.4. The van der Waals surface area contributed by atoms with Crippen LogP contribution in [0.5, 0.6) is 0 Å². The van der Waals surface area contributed by atoms with Gasteiger partial charge in [0.05, 0.1) is 0 Å². The molecule has 2 aromatic rings. The third-order valence-electron chi connectivity index (χ3n) is 3.94. The van der Waals surface area contributed by atoms with E-state index in [2.05, 4.69) is 17.6 Å². The standard InChI is InChI=1S/C21H26N2O2/c1-2-14-22-15-16-23-21(25)13-12-20(24)19-10-8-18(9-11-19)17-6-4-3-5-7-17/h3-11,22H,2,12-16H2,1H3,(H,23,25). The smallest absolute Gasteiger partial charge is 0.220 e. The third kappa shape index (κ3) is 6.51. The Morgan fingerprint density at radius 1 is 0.800 bits per heavy atom. The van der Waals surface area contributed by atoms with Gasteiger partial charge in [0.2, 0.25) is 5.91 Å². The molecule has 0 aliphatic rings. The molecule has 2 aromatic carbocycles. The van der Waals surface area contributed by atoms with Crippen molar-refractivity contribution in [3.63, 3.8) is 0 Å². The molecule has 0 radical (unpaired) electrons. The van der Waals surface area contributed by atoms with Crippen molar-refractivity contribution in [3.8, 4) is 11.1 Å². The molecule has 0 aliphatic heterocycles. The van der Waals surface area contributed by atoms with Crippen LogP contribution in [0.4, 0.5) is 0 Å². The van der Waals surface area contributed by atoms with Crippen molar-refractivity contribution in [2.45, 2.75) is 26.2 Å². The monoisotopic (exact) mass is 338 g/mol. The van der Waals surface area contributed by atoms with Crippen LogP contribution in [-0.2, 0) is 4.79 Å². The fourth-order valence-corrected chi connectivity index (χ4v) is 2.53. The van der Waals surface area contributed by atoms with Crippen LogP contribution < -0.4 is 10.6 Å². The summed E-state index contributed by atoms with van der Waals surface area (Å²) in [4.78, 5) is 24.0. The highest BCUT2D eigenvalue weighted by molar-refractivity contribution is 5.98. The first kappa shape index (κ1) is 18.9. The van der Waals surface area contributed by atoms with Gasteiger partial charge in [-0.3, -0.25) is 9.59 Å². The number of rotatable bonds is 10. The lowest BCUT2D eigenvalue weighted by molar-refractivity contribution is -0.121. The van der Waals surface area contributed by atoms with Crippen LogP contribution in [0, 0.1) is 0 Å². The van der Waals surface area contributed by atoms with Gasteiger partial charge in [-0.15, -0.1) is 0 Å². The van der Waals surface area contributed by atoms with Gasteiger partial charge < -0.3 is 10.6 Å². The van der Waals surface area contributed by atoms with Gasteiger partial charge in [0, 0.05) is 31.5 Å². The van der Waals surface area contributed by atoms with E-state index in [9.17, 15) is 9.59 Å². The van der Waals surface area contributed by atoms with Crippen LogP contribution >= 0.6 is 0 Å². The first-order chi connectivity index (χ1) is 12.2. The third-order valence-corrected chi connectivity index (χ3v) is 3.94. The Morgan fingerprint density at radius 2 is 1.48 bits per heavy atom. The van der Waals surface area contributed by atoms with Gasteiger partial charge in [0.15, 0.2) is 5.78 Å². The summed E-state index contributed by atoms with van der Waals surface area (Å²) in [5.41, 5.74) is 2.85. The van der Waals surface area contributed by atoms with Gasteiger partial charge in [0.25, 0.3) is 0 Å². The van der Waals surface area contributed by atoms with E-state index in [1.807, 2.05) is 54.6 Å². The highest BCUT2D eigenvalue weighted by Gasteiger charge is 2.09. The largest absolute Gasteiger partial charge is 0.355 e. The van der Waals surface area contributed by atoms with Crippen molar-refractivity contribution < 1.29 is 9.59 Å². The molecule has 2 rings (SSSR count). The van der Waals surface area contributed by atoms with Crippen molar-refractivity contribution in [1.82, 2.24) is 10.6 Å². The molecular formula is C21H26N2O2. The van der Waals surface area contributed by atoms with E-state index in [-0.39, 0.29) is 24.5 Å². The van der Waals surface area contributed by atoms with Gasteiger partial charge in [-0.2, -0.15) is 0 Å². The Morgan fingerprint density at radius 3 is 2.16 bits per heavy atom. The number of carbonyl (C=O) groups excluding carboxylic acids is 2. The highest BCUT2D eigenvalue weighted by Crippen LogP contribution is 2.19. The van der Waals surface area contributed by atoms with E-state index in [0.717, 1.165) is 30.6 Å². The maximum atomic E-state index is 12.2. The molecule has 0 unspecified atom stereocenters. The first-order valence-electron chi connectivity index (χ1n) is 8.87. The van der Waals surface area contributed by atoms with Crippen LogP contribution in [0.3, 0.4) is 0 Å². The fraction of sp³-hybridized carbons (Fsp3) is 0.333. The molecule has 0 spiro atoms. The van der Waals surface area contributed by atoms with E-state index in [1.165, 1.54) is 0 Å². The van der Waals surface area contributed by atoms with E-state index >= 15 is 0 Å². The Hall–Kier alpha value is -2.46. The predicted molar refractivity (Wildman–Crippen MR) is 102 cm³/mol. The van der Waals surface area contributed by atoms with E-state index in [0.29, 0.717) is 12.1 Å². The van der Waals surface area contributed by atoms with Crippen molar-refractivity contribution in [1.29, 1.82) is 0 Å². The molecule has 4 heteroatoms. The average Bonchev–Trinajstić information content (AvgIpc) is 2.67. The predicted octanol–water partition coefficient (Wildman–Crippen LogP) is 3.43. The van der Waals surface area contributed by atoms with Crippen LogP contribution in [0.15, 0.2) is 54.6 Å². The molecule has 1 amide bonds. The molecule has 0 fully saturated rings. The zero-order valence-electron chi connectivity index (χ0n) is 14.8. The van der Waals surface area contributed by atoms with Gasteiger partial charge in [-0.25, -0.2) is 0 Å². The number of nitrogens with one attached hydrogen (secondary N) is 2. The zero-order valence-corrected chi connectivity index (χ0v) is 14.8. The summed E-state index contributed by atoms with van der Waals surface area (Å²) in [6, 6.07) is 17.6. The van der Waals surface area contributed by atoms with Gasteiger partial charge in [0.1, 0.15) is 0 Å². The SMILES string of the molecule is CCCNCCNC(=O)CCC(=O)c1ccc(-c2ccccc2)cc1. The molecule has 0 aromatic heterocycles. The lowest BCUT2D eigenvalue weighted by atomic mass is 10.0. The summed E-state index contributed by atoms with van der Waals surface area (Å²) in [6.07, 6.45) is 1.54. The number of ketones is 1. The van der Waals surface area contributed by atoms with Crippen molar-refractivity contribution in [3.05, 3.63) is 60.2 Å². The van der Waals surface area contributed by atoms with Crippen molar-refractivity contribution >= 4 is 11.7 Å². The minimum atomic E-state index is -0.0763. The van der Waals surface area contributed by atoms with Gasteiger partial charge in [-0.05, 0) is 24.1 Å². The zero-order chi connectivity index (χ0) is 17.9. The molecule has 132 valence electrons. The molecule has 0 atom stereocenters. The summed E-state index contributed by atoms with van der Waals surface area (Å²) in [6.45, 7) is 4.41. The summed E-state index contributed by atoms with van der Waals surface area (Å²) < 4.78 is 0. The van der Waals surface area contributed by atoms with Crippen molar-refractivity contribution in [2.75, 3.05) is 19.6 Å². The quantitative estimate of drug-likeness (QED) is 0.515. The van der Waals surface area contributed by atoms with E-state index < -0.39 is 0 Å². The topological polar surface area (TPSA) is 58.2 Å². The molecule has 25 heavy (non-hydrogen) atoms. The van der Waals surface area contributed by atoms with Crippen LogP contribution in [0.1, 0.15) is 36.5 Å². The minimum Gasteiger partial charge on any atom is -0.355 e. The van der Waals surface area contributed by atoms with Crippen molar-refractivity contribution in [2.24, 2.45) is 0 Å². The second-order valence-electron chi connectivity index (χ2n) is 5.97. The number of benzene rings is 2. The van der Waals surface area contributed by atoms with E-state index in [4.69, 9.17) is 0 Å². The molecule has 0 bridgehead atoms. The average molecular weight is 338 g/mol.